The van der Waals surface area contributed by atoms with E-state index in [1.807, 2.05) is 13.8 Å². The summed E-state index contributed by atoms with van der Waals surface area (Å²) in [5.74, 6) is -4.12. The molecule has 1 aliphatic heterocycles. The number of aromatic hydroxyl groups is 2. The number of aliphatic hydroxyl groups excluding tert-OH is 1. The molecule has 2 aromatic carbocycles. The van der Waals surface area contributed by atoms with Crippen LogP contribution in [0.5, 0.6) is 11.5 Å². The van der Waals surface area contributed by atoms with Gasteiger partial charge in [0.15, 0.2) is 0 Å². The Labute approximate surface area is 318 Å². The van der Waals surface area contributed by atoms with E-state index in [0.717, 1.165) is 32.1 Å². The Hall–Kier alpha value is -4.69. The predicted octanol–water partition coefficient (Wildman–Crippen LogP) is 2.85. The van der Waals surface area contributed by atoms with Crippen molar-refractivity contribution in [3.63, 3.8) is 0 Å². The second-order valence-corrected chi connectivity index (χ2v) is 14.5. The molecular formula is C40H59N5O9. The Bertz CT molecular complexity index is 1540. The number of carboxylic acid groups (broad SMARTS) is 1. The van der Waals surface area contributed by atoms with Gasteiger partial charge in [0, 0.05) is 32.5 Å². The van der Waals surface area contributed by atoms with Crippen LogP contribution in [0.25, 0.3) is 0 Å². The molecule has 298 valence electrons. The summed E-state index contributed by atoms with van der Waals surface area (Å²) in [6.45, 7) is 6.01. The highest BCUT2D eigenvalue weighted by Gasteiger charge is 2.43. The number of unbranched alkanes of at least 4 members (excludes halogenated alkanes) is 4. The zero-order valence-electron chi connectivity index (χ0n) is 31.9. The maximum Gasteiger partial charge on any atom is 0.326 e. The fraction of sp³-hybridized carbons (Fsp3) is 0.575. The summed E-state index contributed by atoms with van der Waals surface area (Å²) in [7, 11) is 1.47. The van der Waals surface area contributed by atoms with Gasteiger partial charge < -0.3 is 46.6 Å². The van der Waals surface area contributed by atoms with Crippen molar-refractivity contribution in [3.05, 3.63) is 59.7 Å². The molecule has 7 atom stereocenters. The smallest absolute Gasteiger partial charge is 0.326 e. The molecule has 0 aromatic heterocycles. The number of hydrogen-bond acceptors (Lipinski definition) is 9. The number of nitrogens with one attached hydrogen (secondary N) is 2. The Kier molecular flexibility index (Phi) is 17.2. The van der Waals surface area contributed by atoms with Gasteiger partial charge in [0.05, 0.1) is 0 Å². The summed E-state index contributed by atoms with van der Waals surface area (Å²) in [6.07, 6.45) is 4.94. The quantitative estimate of drug-likeness (QED) is 0.0924. The lowest BCUT2D eigenvalue weighted by atomic mass is 9.94. The molecule has 7 unspecified atom stereocenters. The summed E-state index contributed by atoms with van der Waals surface area (Å²) in [5.41, 5.74) is 7.39. The molecule has 3 rings (SSSR count). The van der Waals surface area contributed by atoms with Crippen LogP contribution in [0, 0.1) is 5.92 Å². The van der Waals surface area contributed by atoms with Crippen molar-refractivity contribution in [1.82, 2.24) is 20.4 Å². The molecule has 0 spiro atoms. The molecule has 14 heteroatoms. The third kappa shape index (κ3) is 12.4. The first-order chi connectivity index (χ1) is 25.7. The molecule has 54 heavy (non-hydrogen) atoms. The molecular weight excluding hydrogens is 694 g/mol. The number of amides is 4. The molecule has 0 saturated carbocycles. The van der Waals surface area contributed by atoms with Crippen molar-refractivity contribution < 1.29 is 44.4 Å². The van der Waals surface area contributed by atoms with Gasteiger partial charge in [0.1, 0.15) is 41.8 Å². The van der Waals surface area contributed by atoms with Crippen molar-refractivity contribution in [2.24, 2.45) is 11.7 Å². The number of carboxylic acids is 1. The molecule has 4 amide bonds. The minimum absolute atomic E-state index is 0.0120. The lowest BCUT2D eigenvalue weighted by molar-refractivity contribution is -0.151. The van der Waals surface area contributed by atoms with Crippen LogP contribution in [-0.4, -0.2) is 110 Å². The van der Waals surface area contributed by atoms with Crippen LogP contribution in [0.3, 0.4) is 0 Å². The highest BCUT2D eigenvalue weighted by atomic mass is 16.4. The van der Waals surface area contributed by atoms with E-state index in [0.29, 0.717) is 36.8 Å². The van der Waals surface area contributed by atoms with Gasteiger partial charge in [-0.15, -0.1) is 0 Å². The molecule has 0 aliphatic carbocycles. The summed E-state index contributed by atoms with van der Waals surface area (Å²) in [6, 6.07) is 6.74. The molecule has 1 heterocycles. The maximum absolute atomic E-state index is 14.4. The summed E-state index contributed by atoms with van der Waals surface area (Å²) in [4.78, 5) is 70.5. The van der Waals surface area contributed by atoms with Crippen LogP contribution in [0.1, 0.15) is 89.7 Å². The van der Waals surface area contributed by atoms with Gasteiger partial charge in [0.25, 0.3) is 5.91 Å². The number of phenolic OH excluding ortho intramolecular Hbond substituents is 2. The molecule has 8 N–H and O–H groups in total. The van der Waals surface area contributed by atoms with Crippen molar-refractivity contribution >= 4 is 29.6 Å². The summed E-state index contributed by atoms with van der Waals surface area (Å²) in [5, 5.41) is 45.4. The number of aliphatic carboxylic acids is 1. The Morgan fingerprint density at radius 3 is 1.96 bits per heavy atom. The number of likely N-dealkylation sites (tertiary alicyclic amines) is 1. The molecule has 0 bridgehead atoms. The van der Waals surface area contributed by atoms with Gasteiger partial charge in [0.2, 0.25) is 17.7 Å². The van der Waals surface area contributed by atoms with Crippen molar-refractivity contribution in [1.29, 1.82) is 0 Å². The van der Waals surface area contributed by atoms with Gasteiger partial charge in [-0.2, -0.15) is 0 Å². The second kappa shape index (κ2) is 21.3. The van der Waals surface area contributed by atoms with Crippen LogP contribution >= 0.6 is 0 Å². The average Bonchev–Trinajstić information content (AvgIpc) is 3.65. The fourth-order valence-corrected chi connectivity index (χ4v) is 6.87. The number of phenols is 2. The Morgan fingerprint density at radius 1 is 0.870 bits per heavy atom. The number of aliphatic hydroxyl groups is 1. The van der Waals surface area contributed by atoms with E-state index < -0.39 is 65.9 Å². The number of carbonyl (C=O) groups is 5. The van der Waals surface area contributed by atoms with Crippen LogP contribution in [-0.2, 0) is 36.8 Å². The molecule has 2 aromatic rings. The van der Waals surface area contributed by atoms with E-state index in [9.17, 15) is 44.4 Å². The predicted molar refractivity (Wildman–Crippen MR) is 203 cm³/mol. The zero-order chi connectivity index (χ0) is 39.9. The molecule has 0 radical (unpaired) electrons. The van der Waals surface area contributed by atoms with Crippen LogP contribution in [0.4, 0.5) is 0 Å². The third-order valence-electron chi connectivity index (χ3n) is 10.3. The highest BCUT2D eigenvalue weighted by molar-refractivity contribution is 5.96. The number of hydrogen-bond donors (Lipinski definition) is 7. The van der Waals surface area contributed by atoms with E-state index in [1.165, 1.54) is 41.1 Å². The first-order valence-electron chi connectivity index (χ1n) is 19.1. The van der Waals surface area contributed by atoms with Crippen molar-refractivity contribution in [2.45, 2.75) is 128 Å². The van der Waals surface area contributed by atoms with E-state index in [-0.39, 0.29) is 36.8 Å². The monoisotopic (exact) mass is 753 g/mol. The number of likely N-dealkylation sites (N-methyl/N-ethyl adjacent to an activating group) is 1. The first kappa shape index (κ1) is 43.7. The van der Waals surface area contributed by atoms with Gasteiger partial charge in [-0.25, -0.2) is 4.79 Å². The lowest BCUT2D eigenvalue weighted by Crippen LogP contribution is -2.60. The van der Waals surface area contributed by atoms with E-state index in [1.54, 1.807) is 24.3 Å². The number of nitrogens with two attached hydrogens (primary N) is 1. The number of benzene rings is 2. The van der Waals surface area contributed by atoms with Crippen LogP contribution < -0.4 is 16.4 Å². The minimum atomic E-state index is -1.57. The largest absolute Gasteiger partial charge is 0.508 e. The lowest BCUT2D eigenvalue weighted by Gasteiger charge is -2.38. The molecule has 1 fully saturated rings. The van der Waals surface area contributed by atoms with E-state index in [4.69, 9.17) is 5.73 Å². The topological polar surface area (TPSA) is 223 Å². The highest BCUT2D eigenvalue weighted by Crippen LogP contribution is 2.25. The fourth-order valence-electron chi connectivity index (χ4n) is 6.87. The Morgan fingerprint density at radius 2 is 1.43 bits per heavy atom. The standard InChI is InChI=1S/C40H59N5O9/c1-5-7-8-9-10-12-30(41)35(48)37(50)42-31(23-26-14-18-28(46)19-15-26)38(51)44(4)34(25(3)6-2)39(52)45-22-11-13-33(45)36(49)43-32(40(53)54)24-27-16-20-29(47)21-17-27/h14-21,25,30-35,46-48H,5-13,22-24,41H2,1-4H3,(H,42,50)(H,43,49)(H,53,54). The first-order valence-corrected chi connectivity index (χ1v) is 19.1. The van der Waals surface area contributed by atoms with E-state index >= 15 is 0 Å². The minimum Gasteiger partial charge on any atom is -0.508 e. The van der Waals surface area contributed by atoms with Crippen LogP contribution in [0.15, 0.2) is 48.5 Å². The summed E-state index contributed by atoms with van der Waals surface area (Å²) >= 11 is 0. The second-order valence-electron chi connectivity index (χ2n) is 14.5. The van der Waals surface area contributed by atoms with E-state index in [2.05, 4.69) is 17.6 Å². The number of rotatable bonds is 21. The van der Waals surface area contributed by atoms with Gasteiger partial charge >= 0.3 is 5.97 Å². The summed E-state index contributed by atoms with van der Waals surface area (Å²) < 4.78 is 0. The Balaban J connectivity index is 1.82. The van der Waals surface area contributed by atoms with Gasteiger partial charge in [-0.05, 0) is 60.6 Å². The zero-order valence-corrected chi connectivity index (χ0v) is 31.9. The number of carbonyl (C=O) groups excluding carboxylic acids is 4. The molecule has 14 nitrogen and oxygen atoms in total. The van der Waals surface area contributed by atoms with Crippen molar-refractivity contribution in [2.75, 3.05) is 13.6 Å². The molecule has 1 saturated heterocycles. The van der Waals surface area contributed by atoms with Crippen LogP contribution in [0.2, 0.25) is 0 Å². The number of nitrogens with zero attached hydrogens (tertiary/aromatic N) is 2. The maximum atomic E-state index is 14.4. The SMILES string of the molecule is CCCCCCCC(N)C(O)C(=O)NC(Cc1ccc(O)cc1)C(=O)N(C)C(C(=O)N1CCCC1C(=O)NC(Cc1ccc(O)cc1)C(=O)O)C(C)CC. The molecule has 1 aliphatic rings. The third-order valence-corrected chi connectivity index (χ3v) is 10.3. The van der Waals surface area contributed by atoms with Gasteiger partial charge in [-0.1, -0.05) is 83.6 Å². The van der Waals surface area contributed by atoms with Crippen molar-refractivity contribution in [3.8, 4) is 11.5 Å². The van der Waals surface area contributed by atoms with Gasteiger partial charge in [-0.3, -0.25) is 19.2 Å². The normalized spacial score (nSPS) is 17.4. The average molecular weight is 754 g/mol.